The van der Waals surface area contributed by atoms with Gasteiger partial charge in [-0.1, -0.05) is 17.7 Å². The van der Waals surface area contributed by atoms with Gasteiger partial charge in [-0.2, -0.15) is 0 Å². The fraction of sp³-hybridized carbons (Fsp3) is 0.533. The number of halogens is 2. The molecule has 3 nitrogen and oxygen atoms in total. The number of carbonyl (C=O) groups is 1. The second-order valence-electron chi connectivity index (χ2n) is 5.07. The molecule has 110 valence electrons. The van der Waals surface area contributed by atoms with Gasteiger partial charge in [-0.25, -0.2) is 4.39 Å². The zero-order valence-electron chi connectivity index (χ0n) is 11.6. The molecule has 1 aliphatic heterocycles. The van der Waals surface area contributed by atoms with E-state index >= 15 is 0 Å². The minimum absolute atomic E-state index is 0.0687. The molecule has 1 unspecified atom stereocenters. The fourth-order valence-electron chi connectivity index (χ4n) is 2.55. The van der Waals surface area contributed by atoms with Crippen LogP contribution in [0.15, 0.2) is 18.2 Å². The highest BCUT2D eigenvalue weighted by Gasteiger charge is 2.26. The van der Waals surface area contributed by atoms with Crippen LogP contribution >= 0.6 is 11.6 Å². The second kappa shape index (κ2) is 7.04. The van der Waals surface area contributed by atoms with Crippen LogP contribution in [0.5, 0.6) is 0 Å². The lowest BCUT2D eigenvalue weighted by Crippen LogP contribution is -2.38. The monoisotopic (exact) mass is 299 g/mol. The van der Waals surface area contributed by atoms with Crippen LogP contribution in [0.3, 0.4) is 0 Å². The van der Waals surface area contributed by atoms with E-state index in [1.165, 1.54) is 6.07 Å². The SMILES string of the molecule is CCOC(=O)C1CCCN(Cc2ccc(Cl)c(F)c2)C1. The summed E-state index contributed by atoms with van der Waals surface area (Å²) in [6.45, 7) is 4.44. The lowest BCUT2D eigenvalue weighted by atomic mass is 9.98. The van der Waals surface area contributed by atoms with Crippen LogP contribution in [0.25, 0.3) is 0 Å². The van der Waals surface area contributed by atoms with Crippen molar-refractivity contribution in [3.63, 3.8) is 0 Å². The first kappa shape index (κ1) is 15.3. The Bertz CT molecular complexity index is 481. The van der Waals surface area contributed by atoms with E-state index in [4.69, 9.17) is 16.3 Å². The minimum Gasteiger partial charge on any atom is -0.466 e. The summed E-state index contributed by atoms with van der Waals surface area (Å²) < 4.78 is 18.5. The van der Waals surface area contributed by atoms with E-state index in [1.54, 1.807) is 6.07 Å². The lowest BCUT2D eigenvalue weighted by molar-refractivity contribution is -0.150. The van der Waals surface area contributed by atoms with Crippen molar-refractivity contribution in [1.82, 2.24) is 4.90 Å². The molecule has 0 N–H and O–H groups in total. The van der Waals surface area contributed by atoms with Crippen LogP contribution in [-0.4, -0.2) is 30.6 Å². The molecular formula is C15H19ClFNO2. The van der Waals surface area contributed by atoms with Crippen molar-refractivity contribution in [3.8, 4) is 0 Å². The Morgan fingerprint density at radius 3 is 3.05 bits per heavy atom. The standard InChI is InChI=1S/C15H19ClFNO2/c1-2-20-15(19)12-4-3-7-18(10-12)9-11-5-6-13(16)14(17)8-11/h5-6,8,12H,2-4,7,9-10H2,1H3. The minimum atomic E-state index is -0.400. The Morgan fingerprint density at radius 2 is 2.35 bits per heavy atom. The van der Waals surface area contributed by atoms with Gasteiger partial charge in [0, 0.05) is 13.1 Å². The third-order valence-electron chi connectivity index (χ3n) is 3.52. The van der Waals surface area contributed by atoms with Crippen LogP contribution in [0.2, 0.25) is 5.02 Å². The van der Waals surface area contributed by atoms with Gasteiger partial charge in [-0.05, 0) is 44.0 Å². The maximum Gasteiger partial charge on any atom is 0.310 e. The molecule has 1 aromatic carbocycles. The van der Waals surface area contributed by atoms with Crippen molar-refractivity contribution in [3.05, 3.63) is 34.6 Å². The molecule has 2 rings (SSSR count). The molecule has 1 heterocycles. The molecule has 1 aromatic rings. The normalized spacial score (nSPS) is 19.9. The first-order chi connectivity index (χ1) is 9.60. The number of likely N-dealkylation sites (tertiary alicyclic amines) is 1. The number of rotatable bonds is 4. The number of piperidine rings is 1. The topological polar surface area (TPSA) is 29.5 Å². The van der Waals surface area contributed by atoms with E-state index in [-0.39, 0.29) is 16.9 Å². The highest BCUT2D eigenvalue weighted by Crippen LogP contribution is 2.21. The number of nitrogens with zero attached hydrogens (tertiary/aromatic N) is 1. The van der Waals surface area contributed by atoms with Gasteiger partial charge in [0.2, 0.25) is 0 Å². The smallest absolute Gasteiger partial charge is 0.310 e. The Kier molecular flexibility index (Phi) is 5.38. The van der Waals surface area contributed by atoms with Gasteiger partial charge >= 0.3 is 5.97 Å². The van der Waals surface area contributed by atoms with Gasteiger partial charge in [-0.15, -0.1) is 0 Å². The molecule has 0 aliphatic carbocycles. The number of esters is 1. The number of benzene rings is 1. The van der Waals surface area contributed by atoms with E-state index in [9.17, 15) is 9.18 Å². The summed E-state index contributed by atoms with van der Waals surface area (Å²) >= 11 is 5.67. The summed E-state index contributed by atoms with van der Waals surface area (Å²) in [7, 11) is 0. The second-order valence-corrected chi connectivity index (χ2v) is 5.48. The number of hydrogen-bond acceptors (Lipinski definition) is 3. The van der Waals surface area contributed by atoms with Crippen molar-refractivity contribution in [1.29, 1.82) is 0 Å². The van der Waals surface area contributed by atoms with Gasteiger partial charge in [0.1, 0.15) is 5.82 Å². The Balaban J connectivity index is 1.95. The van der Waals surface area contributed by atoms with E-state index in [0.29, 0.717) is 19.7 Å². The molecule has 0 aromatic heterocycles. The third-order valence-corrected chi connectivity index (χ3v) is 3.82. The summed E-state index contributed by atoms with van der Waals surface area (Å²) in [4.78, 5) is 13.9. The summed E-state index contributed by atoms with van der Waals surface area (Å²) in [6, 6.07) is 4.84. The zero-order valence-corrected chi connectivity index (χ0v) is 12.3. The van der Waals surface area contributed by atoms with Crippen LogP contribution in [-0.2, 0) is 16.1 Å². The molecule has 0 amide bonds. The molecule has 0 radical (unpaired) electrons. The van der Waals surface area contributed by atoms with Crippen LogP contribution in [0.1, 0.15) is 25.3 Å². The van der Waals surface area contributed by atoms with E-state index in [1.807, 2.05) is 13.0 Å². The van der Waals surface area contributed by atoms with Crippen LogP contribution in [0, 0.1) is 11.7 Å². The number of carbonyl (C=O) groups excluding carboxylic acids is 1. The molecule has 0 spiro atoms. The Hall–Kier alpha value is -1.13. The highest BCUT2D eigenvalue weighted by atomic mass is 35.5. The number of ether oxygens (including phenoxy) is 1. The molecule has 1 saturated heterocycles. The van der Waals surface area contributed by atoms with Crippen LogP contribution < -0.4 is 0 Å². The van der Waals surface area contributed by atoms with Crippen molar-refractivity contribution in [2.45, 2.75) is 26.3 Å². The summed E-state index contributed by atoms with van der Waals surface area (Å²) in [6.07, 6.45) is 1.82. The molecule has 5 heteroatoms. The third kappa shape index (κ3) is 3.93. The van der Waals surface area contributed by atoms with Gasteiger partial charge in [0.15, 0.2) is 0 Å². The lowest BCUT2D eigenvalue weighted by Gasteiger charge is -2.31. The molecule has 1 aliphatic rings. The quantitative estimate of drug-likeness (QED) is 0.799. The van der Waals surface area contributed by atoms with Gasteiger partial charge in [0.25, 0.3) is 0 Å². The average molecular weight is 300 g/mol. The van der Waals surface area contributed by atoms with Crippen molar-refractivity contribution >= 4 is 17.6 Å². The largest absolute Gasteiger partial charge is 0.466 e. The summed E-state index contributed by atoms with van der Waals surface area (Å²) in [5.41, 5.74) is 0.872. The van der Waals surface area contributed by atoms with E-state index in [0.717, 1.165) is 24.9 Å². The molecule has 1 fully saturated rings. The van der Waals surface area contributed by atoms with Gasteiger partial charge in [-0.3, -0.25) is 9.69 Å². The zero-order chi connectivity index (χ0) is 14.5. The van der Waals surface area contributed by atoms with Crippen molar-refractivity contribution < 1.29 is 13.9 Å². The fourth-order valence-corrected chi connectivity index (χ4v) is 2.67. The molecule has 1 atom stereocenters. The maximum atomic E-state index is 13.4. The van der Waals surface area contributed by atoms with Crippen LogP contribution in [0.4, 0.5) is 4.39 Å². The van der Waals surface area contributed by atoms with Crippen molar-refractivity contribution in [2.75, 3.05) is 19.7 Å². The predicted octanol–water partition coefficient (Wildman–Crippen LogP) is 3.25. The molecule has 0 saturated carbocycles. The summed E-state index contributed by atoms with van der Waals surface area (Å²) in [5, 5.41) is 0.136. The molecule has 20 heavy (non-hydrogen) atoms. The predicted molar refractivity (Wildman–Crippen MR) is 76.0 cm³/mol. The number of hydrogen-bond donors (Lipinski definition) is 0. The Labute approximate surface area is 123 Å². The van der Waals surface area contributed by atoms with Gasteiger partial charge < -0.3 is 4.74 Å². The van der Waals surface area contributed by atoms with Gasteiger partial charge in [0.05, 0.1) is 17.5 Å². The average Bonchev–Trinajstić information content (AvgIpc) is 2.43. The highest BCUT2D eigenvalue weighted by molar-refractivity contribution is 6.30. The molecular weight excluding hydrogens is 281 g/mol. The Morgan fingerprint density at radius 1 is 1.55 bits per heavy atom. The van der Waals surface area contributed by atoms with Crippen molar-refractivity contribution in [2.24, 2.45) is 5.92 Å². The first-order valence-corrected chi connectivity index (χ1v) is 7.31. The first-order valence-electron chi connectivity index (χ1n) is 6.93. The molecule has 0 bridgehead atoms. The maximum absolute atomic E-state index is 13.4. The van der Waals surface area contributed by atoms with E-state index in [2.05, 4.69) is 4.90 Å². The summed E-state index contributed by atoms with van der Waals surface area (Å²) in [5.74, 6) is -0.594. The van der Waals surface area contributed by atoms with E-state index < -0.39 is 5.82 Å².